The van der Waals surface area contributed by atoms with E-state index >= 15 is 0 Å². The lowest BCUT2D eigenvalue weighted by atomic mass is 10.1. The zero-order chi connectivity index (χ0) is 16.2. The Hall–Kier alpha value is -2.34. The number of hydrogen-bond acceptors (Lipinski definition) is 4. The molecule has 0 fully saturated rings. The van der Waals surface area contributed by atoms with Crippen LogP contribution in [0.2, 0.25) is 0 Å². The molecule has 0 saturated heterocycles. The van der Waals surface area contributed by atoms with E-state index in [9.17, 15) is 4.79 Å². The van der Waals surface area contributed by atoms with Gasteiger partial charge in [-0.05, 0) is 44.5 Å². The highest BCUT2D eigenvalue weighted by atomic mass is 16.6. The monoisotopic (exact) mass is 302 g/mol. The zero-order valence-corrected chi connectivity index (χ0v) is 13.1. The number of nitrogens with zero attached hydrogens (tertiary/aromatic N) is 2. The molecule has 0 aliphatic heterocycles. The van der Waals surface area contributed by atoms with Crippen LogP contribution < -0.4 is 11.1 Å². The molecule has 118 valence electrons. The molecule has 6 nitrogen and oxygen atoms in total. The molecular weight excluding hydrogens is 280 g/mol. The number of ether oxygens (including phenoxy) is 1. The Balaban J connectivity index is 1.90. The lowest BCUT2D eigenvalue weighted by Gasteiger charge is -2.21. The molecule has 1 atom stereocenters. The number of alkyl carbamates (subject to hydrolysis) is 1. The minimum atomic E-state index is -0.514. The summed E-state index contributed by atoms with van der Waals surface area (Å²) in [4.78, 5) is 11.6. The van der Waals surface area contributed by atoms with Gasteiger partial charge >= 0.3 is 6.09 Å². The maximum absolute atomic E-state index is 11.6. The number of amides is 1. The Kier molecular flexibility index (Phi) is 4.82. The predicted octanol–water partition coefficient (Wildman–Crippen LogP) is 2.40. The molecule has 1 aromatic carbocycles. The smallest absolute Gasteiger partial charge is 0.407 e. The Morgan fingerprint density at radius 3 is 2.59 bits per heavy atom. The van der Waals surface area contributed by atoms with Crippen molar-refractivity contribution in [3.8, 4) is 5.69 Å². The summed E-state index contributed by atoms with van der Waals surface area (Å²) in [7, 11) is 0. The average Bonchev–Trinajstić information content (AvgIpc) is 2.97. The third kappa shape index (κ3) is 4.60. The van der Waals surface area contributed by atoms with Gasteiger partial charge in [-0.1, -0.05) is 12.1 Å². The van der Waals surface area contributed by atoms with Gasteiger partial charge in [0.1, 0.15) is 5.60 Å². The van der Waals surface area contributed by atoms with Gasteiger partial charge in [0.2, 0.25) is 0 Å². The van der Waals surface area contributed by atoms with E-state index in [0.717, 1.165) is 11.3 Å². The van der Waals surface area contributed by atoms with Crippen molar-refractivity contribution in [3.63, 3.8) is 0 Å². The molecule has 1 aromatic heterocycles. The van der Waals surface area contributed by atoms with Crippen LogP contribution in [0.5, 0.6) is 0 Å². The molecule has 0 saturated carbocycles. The Morgan fingerprint density at radius 2 is 2.05 bits per heavy atom. The number of carbonyl (C=O) groups is 1. The van der Waals surface area contributed by atoms with E-state index in [2.05, 4.69) is 10.4 Å². The summed E-state index contributed by atoms with van der Waals surface area (Å²) < 4.78 is 6.95. The SMILES string of the molecule is CC(C)(C)OC(=O)NCC(N)c1ccc(-n2cccn2)cc1. The molecule has 1 heterocycles. The molecule has 2 aromatic rings. The second kappa shape index (κ2) is 6.62. The van der Waals surface area contributed by atoms with Gasteiger partial charge in [0.15, 0.2) is 0 Å². The molecule has 0 radical (unpaired) electrons. The van der Waals surface area contributed by atoms with Crippen molar-refractivity contribution in [2.24, 2.45) is 5.73 Å². The van der Waals surface area contributed by atoms with E-state index in [1.165, 1.54) is 0 Å². The van der Waals surface area contributed by atoms with Crippen LogP contribution in [0.3, 0.4) is 0 Å². The van der Waals surface area contributed by atoms with Gasteiger partial charge in [-0.25, -0.2) is 9.48 Å². The van der Waals surface area contributed by atoms with E-state index in [1.54, 1.807) is 10.9 Å². The van der Waals surface area contributed by atoms with Crippen molar-refractivity contribution in [1.29, 1.82) is 0 Å². The first kappa shape index (κ1) is 16.0. The summed E-state index contributed by atoms with van der Waals surface area (Å²) in [5.41, 5.74) is 7.47. The fourth-order valence-electron chi connectivity index (χ4n) is 1.92. The lowest BCUT2D eigenvalue weighted by molar-refractivity contribution is 0.0524. The highest BCUT2D eigenvalue weighted by Crippen LogP contribution is 2.14. The third-order valence-electron chi connectivity index (χ3n) is 2.96. The summed E-state index contributed by atoms with van der Waals surface area (Å²) >= 11 is 0. The quantitative estimate of drug-likeness (QED) is 0.908. The van der Waals surface area contributed by atoms with Crippen molar-refractivity contribution < 1.29 is 9.53 Å². The fraction of sp³-hybridized carbons (Fsp3) is 0.375. The van der Waals surface area contributed by atoms with E-state index in [-0.39, 0.29) is 6.04 Å². The van der Waals surface area contributed by atoms with Gasteiger partial charge in [0.05, 0.1) is 5.69 Å². The van der Waals surface area contributed by atoms with Crippen LogP contribution in [0.25, 0.3) is 5.69 Å². The second-order valence-corrected chi connectivity index (χ2v) is 6.03. The topological polar surface area (TPSA) is 82.2 Å². The molecule has 0 aliphatic rings. The van der Waals surface area contributed by atoms with Gasteiger partial charge < -0.3 is 15.8 Å². The highest BCUT2D eigenvalue weighted by Gasteiger charge is 2.16. The molecule has 6 heteroatoms. The van der Waals surface area contributed by atoms with Crippen LogP contribution >= 0.6 is 0 Å². The van der Waals surface area contributed by atoms with E-state index in [1.807, 2.05) is 57.3 Å². The zero-order valence-electron chi connectivity index (χ0n) is 13.1. The van der Waals surface area contributed by atoms with Crippen LogP contribution in [-0.4, -0.2) is 28.0 Å². The summed E-state index contributed by atoms with van der Waals surface area (Å²) in [5.74, 6) is 0. The maximum atomic E-state index is 11.6. The molecule has 1 amide bonds. The van der Waals surface area contributed by atoms with Crippen molar-refractivity contribution >= 4 is 6.09 Å². The number of nitrogens with one attached hydrogen (secondary N) is 1. The molecule has 0 spiro atoms. The largest absolute Gasteiger partial charge is 0.444 e. The van der Waals surface area contributed by atoms with Crippen molar-refractivity contribution in [2.75, 3.05) is 6.54 Å². The van der Waals surface area contributed by atoms with Crippen LogP contribution in [0.4, 0.5) is 4.79 Å². The number of benzene rings is 1. The van der Waals surface area contributed by atoms with Gasteiger partial charge in [0.25, 0.3) is 0 Å². The van der Waals surface area contributed by atoms with Crippen molar-refractivity contribution in [3.05, 3.63) is 48.3 Å². The minimum Gasteiger partial charge on any atom is -0.444 e. The van der Waals surface area contributed by atoms with Gasteiger partial charge in [-0.15, -0.1) is 0 Å². The molecule has 1 unspecified atom stereocenters. The molecule has 3 N–H and O–H groups in total. The van der Waals surface area contributed by atoms with Gasteiger partial charge in [0, 0.05) is 25.0 Å². The number of rotatable bonds is 4. The molecule has 2 rings (SSSR count). The second-order valence-electron chi connectivity index (χ2n) is 6.03. The first-order valence-corrected chi connectivity index (χ1v) is 7.17. The maximum Gasteiger partial charge on any atom is 0.407 e. The lowest BCUT2D eigenvalue weighted by Crippen LogP contribution is -2.36. The average molecular weight is 302 g/mol. The Morgan fingerprint density at radius 1 is 1.36 bits per heavy atom. The van der Waals surface area contributed by atoms with Crippen LogP contribution in [0.1, 0.15) is 32.4 Å². The van der Waals surface area contributed by atoms with Crippen molar-refractivity contribution in [2.45, 2.75) is 32.4 Å². The number of aromatic nitrogens is 2. The van der Waals surface area contributed by atoms with E-state index in [4.69, 9.17) is 10.5 Å². The highest BCUT2D eigenvalue weighted by molar-refractivity contribution is 5.67. The van der Waals surface area contributed by atoms with Crippen molar-refractivity contribution in [1.82, 2.24) is 15.1 Å². The van der Waals surface area contributed by atoms with Crippen LogP contribution in [0, 0.1) is 0 Å². The fourth-order valence-corrected chi connectivity index (χ4v) is 1.92. The molecule has 0 bridgehead atoms. The normalized spacial score (nSPS) is 12.7. The summed E-state index contributed by atoms with van der Waals surface area (Å²) in [6.45, 7) is 5.78. The Bertz CT molecular complexity index is 600. The number of hydrogen-bond donors (Lipinski definition) is 2. The number of nitrogens with two attached hydrogens (primary N) is 1. The molecular formula is C16H22N4O2. The third-order valence-corrected chi connectivity index (χ3v) is 2.96. The van der Waals surface area contributed by atoms with Crippen LogP contribution in [-0.2, 0) is 4.74 Å². The van der Waals surface area contributed by atoms with E-state index in [0.29, 0.717) is 6.54 Å². The standard InChI is InChI=1S/C16H22N4O2/c1-16(2,3)22-15(21)18-11-14(17)12-5-7-13(8-6-12)20-10-4-9-19-20/h4-10,14H,11,17H2,1-3H3,(H,18,21). The first-order chi connectivity index (χ1) is 10.3. The molecule has 22 heavy (non-hydrogen) atoms. The summed E-state index contributed by atoms with van der Waals surface area (Å²) in [6, 6.07) is 9.31. The van der Waals surface area contributed by atoms with Gasteiger partial charge in [-0.3, -0.25) is 0 Å². The molecule has 0 aliphatic carbocycles. The number of carbonyl (C=O) groups excluding carboxylic acids is 1. The van der Waals surface area contributed by atoms with Crippen LogP contribution in [0.15, 0.2) is 42.7 Å². The summed E-state index contributed by atoms with van der Waals surface area (Å²) in [6.07, 6.45) is 3.14. The minimum absolute atomic E-state index is 0.292. The summed E-state index contributed by atoms with van der Waals surface area (Å²) in [5, 5.41) is 6.84. The van der Waals surface area contributed by atoms with Gasteiger partial charge in [-0.2, -0.15) is 5.10 Å². The Labute approximate surface area is 130 Å². The van der Waals surface area contributed by atoms with E-state index < -0.39 is 11.7 Å². The predicted molar refractivity (Wildman–Crippen MR) is 84.7 cm³/mol. The first-order valence-electron chi connectivity index (χ1n) is 7.17.